The van der Waals surface area contributed by atoms with Crippen molar-refractivity contribution in [2.75, 3.05) is 0 Å². The molecule has 0 aliphatic heterocycles. The third kappa shape index (κ3) is 2.81. The van der Waals surface area contributed by atoms with Crippen LogP contribution >= 0.6 is 12.4 Å². The summed E-state index contributed by atoms with van der Waals surface area (Å²) in [5.41, 5.74) is 6.50. The monoisotopic (exact) mass is 186 g/mol. The summed E-state index contributed by atoms with van der Waals surface area (Å²) in [7, 11) is 0. The summed E-state index contributed by atoms with van der Waals surface area (Å²) in [6.07, 6.45) is 0. The van der Waals surface area contributed by atoms with Gasteiger partial charge in [-0.1, -0.05) is 18.2 Å². The number of hydrazine groups is 1. The molecular formula is C9H15ClN2. The molecular weight excluding hydrogens is 172 g/mol. The highest BCUT2D eigenvalue weighted by Gasteiger charge is 1.93. The van der Waals surface area contributed by atoms with Crippen LogP contribution < -0.4 is 11.3 Å². The average Bonchev–Trinajstić information content (AvgIpc) is 1.98. The van der Waals surface area contributed by atoms with Crippen LogP contribution in [0.15, 0.2) is 18.2 Å². The van der Waals surface area contributed by atoms with Gasteiger partial charge in [0.15, 0.2) is 0 Å². The van der Waals surface area contributed by atoms with Crippen LogP contribution in [0.25, 0.3) is 0 Å². The van der Waals surface area contributed by atoms with Crippen LogP contribution in [0.3, 0.4) is 0 Å². The Bertz CT molecular complexity index is 248. The highest BCUT2D eigenvalue weighted by Crippen LogP contribution is 2.08. The van der Waals surface area contributed by atoms with Crippen LogP contribution in [-0.2, 0) is 6.54 Å². The van der Waals surface area contributed by atoms with Gasteiger partial charge in [-0.2, -0.15) is 0 Å². The standard InChI is InChI=1S/C9H14N2.ClH/c1-7-3-4-9(6-11-10)5-8(7)2;/h3-5,11H,6,10H2,1-2H3;1H. The quantitative estimate of drug-likeness (QED) is 0.545. The molecule has 3 N–H and O–H groups in total. The Hall–Kier alpha value is -0.570. The molecule has 0 radical (unpaired) electrons. The number of benzene rings is 1. The van der Waals surface area contributed by atoms with Crippen LogP contribution in [0.2, 0.25) is 0 Å². The van der Waals surface area contributed by atoms with Crippen molar-refractivity contribution in [2.45, 2.75) is 20.4 Å². The lowest BCUT2D eigenvalue weighted by molar-refractivity contribution is 0.740. The molecule has 0 unspecified atom stereocenters. The smallest absolute Gasteiger partial charge is 0.0348 e. The first kappa shape index (κ1) is 11.4. The first-order valence-corrected chi connectivity index (χ1v) is 3.73. The molecule has 0 aliphatic carbocycles. The van der Waals surface area contributed by atoms with Crippen molar-refractivity contribution in [3.8, 4) is 0 Å². The number of hydrogen-bond donors (Lipinski definition) is 2. The fourth-order valence-corrected chi connectivity index (χ4v) is 1.03. The van der Waals surface area contributed by atoms with Crippen LogP contribution in [-0.4, -0.2) is 0 Å². The second-order valence-corrected chi connectivity index (χ2v) is 2.80. The fraction of sp³-hybridized carbons (Fsp3) is 0.333. The molecule has 3 heteroatoms. The number of aryl methyl sites for hydroxylation is 2. The van der Waals surface area contributed by atoms with Crippen molar-refractivity contribution in [3.63, 3.8) is 0 Å². The van der Waals surface area contributed by atoms with Crippen molar-refractivity contribution >= 4 is 12.4 Å². The number of halogens is 1. The van der Waals surface area contributed by atoms with E-state index >= 15 is 0 Å². The second-order valence-electron chi connectivity index (χ2n) is 2.80. The molecule has 0 aromatic heterocycles. The Labute approximate surface area is 79.5 Å². The maximum absolute atomic E-state index is 5.20. The van der Waals surface area contributed by atoms with E-state index in [1.54, 1.807) is 0 Å². The van der Waals surface area contributed by atoms with Crippen LogP contribution in [0, 0.1) is 13.8 Å². The van der Waals surface area contributed by atoms with E-state index in [9.17, 15) is 0 Å². The summed E-state index contributed by atoms with van der Waals surface area (Å²) in [5.74, 6) is 5.20. The second kappa shape index (κ2) is 5.14. The van der Waals surface area contributed by atoms with Gasteiger partial charge in [-0.05, 0) is 30.5 Å². The van der Waals surface area contributed by atoms with E-state index in [-0.39, 0.29) is 12.4 Å². The molecule has 0 amide bonds. The maximum atomic E-state index is 5.20. The lowest BCUT2D eigenvalue weighted by atomic mass is 10.1. The van der Waals surface area contributed by atoms with Gasteiger partial charge >= 0.3 is 0 Å². The summed E-state index contributed by atoms with van der Waals surface area (Å²) >= 11 is 0. The lowest BCUT2D eigenvalue weighted by Crippen LogP contribution is -2.20. The molecule has 0 fully saturated rings. The van der Waals surface area contributed by atoms with E-state index in [1.165, 1.54) is 16.7 Å². The topological polar surface area (TPSA) is 38.0 Å². The van der Waals surface area contributed by atoms with Crippen molar-refractivity contribution in [1.82, 2.24) is 5.43 Å². The van der Waals surface area contributed by atoms with E-state index in [4.69, 9.17) is 5.84 Å². The molecule has 0 atom stereocenters. The highest BCUT2D eigenvalue weighted by atomic mass is 35.5. The van der Waals surface area contributed by atoms with Gasteiger partial charge < -0.3 is 0 Å². The van der Waals surface area contributed by atoms with E-state index in [1.807, 2.05) is 0 Å². The van der Waals surface area contributed by atoms with E-state index in [2.05, 4.69) is 37.5 Å². The molecule has 2 nitrogen and oxygen atoms in total. The Kier molecular flexibility index (Phi) is 4.90. The fourth-order valence-electron chi connectivity index (χ4n) is 1.03. The number of hydrogen-bond acceptors (Lipinski definition) is 2. The van der Waals surface area contributed by atoms with Crippen molar-refractivity contribution in [3.05, 3.63) is 34.9 Å². The lowest BCUT2D eigenvalue weighted by Gasteiger charge is -2.03. The molecule has 0 saturated heterocycles. The summed E-state index contributed by atoms with van der Waals surface area (Å²) in [6.45, 7) is 4.95. The van der Waals surface area contributed by atoms with Gasteiger partial charge in [0.05, 0.1) is 0 Å². The molecule has 12 heavy (non-hydrogen) atoms. The highest BCUT2D eigenvalue weighted by molar-refractivity contribution is 5.85. The minimum Gasteiger partial charge on any atom is -0.271 e. The first-order valence-electron chi connectivity index (χ1n) is 3.73. The summed E-state index contributed by atoms with van der Waals surface area (Å²) in [6, 6.07) is 6.35. The summed E-state index contributed by atoms with van der Waals surface area (Å²) in [5, 5.41) is 0. The zero-order valence-electron chi connectivity index (χ0n) is 7.42. The van der Waals surface area contributed by atoms with E-state index < -0.39 is 0 Å². The van der Waals surface area contributed by atoms with Gasteiger partial charge in [0.25, 0.3) is 0 Å². The Morgan fingerprint density at radius 1 is 1.25 bits per heavy atom. The molecule has 0 bridgehead atoms. The number of nitrogens with two attached hydrogens (primary N) is 1. The predicted molar refractivity (Wildman–Crippen MR) is 54.2 cm³/mol. The molecule has 0 saturated carbocycles. The summed E-state index contributed by atoms with van der Waals surface area (Å²) < 4.78 is 0. The SMILES string of the molecule is Cc1ccc(CNN)cc1C.Cl. The predicted octanol–water partition coefficient (Wildman–Crippen LogP) is 1.69. The average molecular weight is 187 g/mol. The Morgan fingerprint density at radius 2 is 1.92 bits per heavy atom. The van der Waals surface area contributed by atoms with Crippen molar-refractivity contribution in [2.24, 2.45) is 5.84 Å². The van der Waals surface area contributed by atoms with Crippen LogP contribution in [0.4, 0.5) is 0 Å². The molecule has 0 heterocycles. The third-order valence-electron chi connectivity index (χ3n) is 1.88. The molecule has 68 valence electrons. The summed E-state index contributed by atoms with van der Waals surface area (Å²) in [4.78, 5) is 0. The molecule has 1 aromatic carbocycles. The van der Waals surface area contributed by atoms with Gasteiger partial charge in [0.1, 0.15) is 0 Å². The van der Waals surface area contributed by atoms with Gasteiger partial charge in [0.2, 0.25) is 0 Å². The van der Waals surface area contributed by atoms with E-state index in [0.717, 1.165) is 6.54 Å². The van der Waals surface area contributed by atoms with Gasteiger partial charge in [-0.15, -0.1) is 12.4 Å². The number of nitrogens with one attached hydrogen (secondary N) is 1. The van der Waals surface area contributed by atoms with Crippen LogP contribution in [0.5, 0.6) is 0 Å². The normalized spacial score (nSPS) is 9.25. The third-order valence-corrected chi connectivity index (χ3v) is 1.88. The largest absolute Gasteiger partial charge is 0.271 e. The van der Waals surface area contributed by atoms with E-state index in [0.29, 0.717) is 0 Å². The number of rotatable bonds is 2. The molecule has 1 aromatic rings. The molecule has 1 rings (SSSR count). The Morgan fingerprint density at radius 3 is 2.42 bits per heavy atom. The molecule has 0 aliphatic rings. The van der Waals surface area contributed by atoms with Gasteiger partial charge in [-0.3, -0.25) is 11.3 Å². The first-order chi connectivity index (χ1) is 5.24. The van der Waals surface area contributed by atoms with Crippen LogP contribution in [0.1, 0.15) is 16.7 Å². The zero-order valence-corrected chi connectivity index (χ0v) is 8.24. The minimum atomic E-state index is 0. The minimum absolute atomic E-state index is 0. The van der Waals surface area contributed by atoms with Gasteiger partial charge in [-0.25, -0.2) is 0 Å². The van der Waals surface area contributed by atoms with Crippen molar-refractivity contribution in [1.29, 1.82) is 0 Å². The molecule has 0 spiro atoms. The van der Waals surface area contributed by atoms with Gasteiger partial charge in [0, 0.05) is 6.54 Å². The Balaban J connectivity index is 0.00000121. The zero-order chi connectivity index (χ0) is 8.27. The maximum Gasteiger partial charge on any atom is 0.0348 e. The van der Waals surface area contributed by atoms with Crippen molar-refractivity contribution < 1.29 is 0 Å².